The summed E-state index contributed by atoms with van der Waals surface area (Å²) in [6.45, 7) is 3.51. The molecule has 15 heavy (non-hydrogen) atoms. The fraction of sp³-hybridized carbons (Fsp3) is 0.455. The van der Waals surface area contributed by atoms with E-state index in [1.165, 1.54) is 0 Å². The molecule has 1 aliphatic heterocycles. The summed E-state index contributed by atoms with van der Waals surface area (Å²) in [5.74, 6) is 0.626. The van der Waals surface area contributed by atoms with Crippen LogP contribution in [-0.4, -0.2) is 21.9 Å². The molecule has 2 atom stereocenters. The summed E-state index contributed by atoms with van der Waals surface area (Å²) in [6, 6.07) is 5.40. The van der Waals surface area contributed by atoms with Crippen LogP contribution < -0.4 is 4.74 Å². The zero-order chi connectivity index (χ0) is 11.2. The summed E-state index contributed by atoms with van der Waals surface area (Å²) in [7, 11) is 0. The number of fused-ring (bicyclic) bond motifs is 1. The summed E-state index contributed by atoms with van der Waals surface area (Å²) < 4.78 is 6.48. The molecule has 0 aromatic heterocycles. The van der Waals surface area contributed by atoms with Crippen LogP contribution >= 0.6 is 15.9 Å². The molecular weight excluding hydrogens is 260 g/mol. The van der Waals surface area contributed by atoms with Crippen LogP contribution in [0.25, 0.3) is 0 Å². The van der Waals surface area contributed by atoms with Gasteiger partial charge >= 0.3 is 0 Å². The van der Waals surface area contributed by atoms with Crippen molar-refractivity contribution < 1.29 is 14.9 Å². The molecule has 4 heteroatoms. The highest BCUT2D eigenvalue weighted by atomic mass is 79.9. The van der Waals surface area contributed by atoms with Crippen LogP contribution in [0.1, 0.15) is 25.5 Å². The Morgan fingerprint density at radius 3 is 2.67 bits per heavy atom. The Labute approximate surface area is 96.8 Å². The molecule has 0 unspecified atom stereocenters. The van der Waals surface area contributed by atoms with E-state index in [0.717, 1.165) is 4.47 Å². The largest absolute Gasteiger partial charge is 0.485 e. The van der Waals surface area contributed by atoms with E-state index < -0.39 is 17.8 Å². The lowest BCUT2D eigenvalue weighted by Gasteiger charge is -2.40. The third kappa shape index (κ3) is 1.77. The van der Waals surface area contributed by atoms with Crippen LogP contribution in [0.2, 0.25) is 0 Å². The molecule has 82 valence electrons. The van der Waals surface area contributed by atoms with Crippen molar-refractivity contribution in [2.75, 3.05) is 0 Å². The van der Waals surface area contributed by atoms with Crippen molar-refractivity contribution in [3.05, 3.63) is 28.2 Å². The lowest BCUT2D eigenvalue weighted by atomic mass is 9.89. The first-order chi connectivity index (χ1) is 6.92. The fourth-order valence-electron chi connectivity index (χ4n) is 1.74. The molecular formula is C11H13BrO3. The van der Waals surface area contributed by atoms with Crippen LogP contribution in [0.5, 0.6) is 5.75 Å². The van der Waals surface area contributed by atoms with Crippen molar-refractivity contribution in [3.8, 4) is 5.75 Å². The molecule has 1 aliphatic rings. The molecule has 0 saturated carbocycles. The van der Waals surface area contributed by atoms with Crippen molar-refractivity contribution in [1.82, 2.24) is 0 Å². The van der Waals surface area contributed by atoms with Gasteiger partial charge in [0.15, 0.2) is 0 Å². The number of rotatable bonds is 0. The van der Waals surface area contributed by atoms with Gasteiger partial charge in [0, 0.05) is 10.0 Å². The smallest absolute Gasteiger partial charge is 0.132 e. The Hall–Kier alpha value is -0.580. The molecule has 2 rings (SSSR count). The van der Waals surface area contributed by atoms with E-state index in [1.54, 1.807) is 26.0 Å². The van der Waals surface area contributed by atoms with Crippen molar-refractivity contribution in [2.45, 2.75) is 31.7 Å². The predicted molar refractivity (Wildman–Crippen MR) is 59.8 cm³/mol. The summed E-state index contributed by atoms with van der Waals surface area (Å²) in [4.78, 5) is 0. The molecule has 0 spiro atoms. The average molecular weight is 273 g/mol. The Bertz CT molecular complexity index is 389. The molecule has 0 aliphatic carbocycles. The lowest BCUT2D eigenvalue weighted by molar-refractivity contribution is -0.111. The van der Waals surface area contributed by atoms with Gasteiger partial charge in [-0.15, -0.1) is 0 Å². The second kappa shape index (κ2) is 3.47. The number of halogens is 1. The molecule has 1 aromatic carbocycles. The number of aliphatic hydroxyl groups excluding tert-OH is 2. The van der Waals surface area contributed by atoms with Gasteiger partial charge in [0.05, 0.1) is 0 Å². The molecule has 3 nitrogen and oxygen atoms in total. The van der Waals surface area contributed by atoms with Gasteiger partial charge in [-0.1, -0.05) is 15.9 Å². The van der Waals surface area contributed by atoms with Crippen LogP contribution in [0, 0.1) is 0 Å². The first-order valence-electron chi connectivity index (χ1n) is 4.76. The van der Waals surface area contributed by atoms with Crippen LogP contribution in [0.3, 0.4) is 0 Å². The Morgan fingerprint density at radius 2 is 2.00 bits per heavy atom. The number of hydrogen-bond donors (Lipinski definition) is 2. The fourth-order valence-corrected chi connectivity index (χ4v) is 2.12. The SMILES string of the molecule is CC1(C)Oc2ccc(Br)cc2[C@@H](O)[C@H]1O. The standard InChI is InChI=1S/C11H13BrO3/c1-11(2)10(14)9(13)7-5-6(12)3-4-8(7)15-11/h3-5,9-10,13-14H,1-2H3/t9-,10-/m1/s1. The van der Waals surface area contributed by atoms with E-state index in [4.69, 9.17) is 4.74 Å². The average Bonchev–Trinajstić information content (AvgIpc) is 2.16. The van der Waals surface area contributed by atoms with Crippen LogP contribution in [0.4, 0.5) is 0 Å². The maximum absolute atomic E-state index is 9.94. The van der Waals surface area contributed by atoms with Crippen molar-refractivity contribution >= 4 is 15.9 Å². The Morgan fingerprint density at radius 1 is 1.33 bits per heavy atom. The number of ether oxygens (including phenoxy) is 1. The van der Waals surface area contributed by atoms with E-state index in [-0.39, 0.29) is 0 Å². The summed E-state index contributed by atoms with van der Waals surface area (Å²) >= 11 is 3.32. The van der Waals surface area contributed by atoms with E-state index >= 15 is 0 Å². The minimum atomic E-state index is -0.917. The van der Waals surface area contributed by atoms with Crippen molar-refractivity contribution in [2.24, 2.45) is 0 Å². The monoisotopic (exact) mass is 272 g/mol. The molecule has 0 fully saturated rings. The van der Waals surface area contributed by atoms with E-state index in [2.05, 4.69) is 15.9 Å². The first-order valence-corrected chi connectivity index (χ1v) is 5.56. The number of benzene rings is 1. The Balaban J connectivity index is 2.50. The number of hydrogen-bond acceptors (Lipinski definition) is 3. The third-order valence-electron chi connectivity index (χ3n) is 2.67. The molecule has 0 radical (unpaired) electrons. The van der Waals surface area contributed by atoms with Gasteiger partial charge in [-0.2, -0.15) is 0 Å². The maximum atomic E-state index is 9.94. The highest BCUT2D eigenvalue weighted by Gasteiger charge is 2.41. The molecule has 0 bridgehead atoms. The highest BCUT2D eigenvalue weighted by Crippen LogP contribution is 2.40. The summed E-state index contributed by atoms with van der Waals surface area (Å²) in [6.07, 6.45) is -1.82. The second-order valence-electron chi connectivity index (χ2n) is 4.28. The van der Waals surface area contributed by atoms with Crippen LogP contribution in [0.15, 0.2) is 22.7 Å². The van der Waals surface area contributed by atoms with Gasteiger partial charge in [0.2, 0.25) is 0 Å². The molecule has 0 amide bonds. The zero-order valence-corrected chi connectivity index (χ0v) is 10.2. The van der Waals surface area contributed by atoms with Gasteiger partial charge in [-0.25, -0.2) is 0 Å². The Kier molecular flexibility index (Phi) is 2.53. The van der Waals surface area contributed by atoms with Gasteiger partial charge in [-0.3, -0.25) is 0 Å². The highest BCUT2D eigenvalue weighted by molar-refractivity contribution is 9.10. The van der Waals surface area contributed by atoms with Gasteiger partial charge < -0.3 is 14.9 Å². The maximum Gasteiger partial charge on any atom is 0.132 e. The molecule has 0 saturated heterocycles. The summed E-state index contributed by atoms with van der Waals surface area (Å²) in [5, 5.41) is 19.8. The van der Waals surface area contributed by atoms with Gasteiger partial charge in [0.1, 0.15) is 23.6 Å². The topological polar surface area (TPSA) is 49.7 Å². The third-order valence-corrected chi connectivity index (χ3v) is 3.17. The normalized spacial score (nSPS) is 28.1. The van der Waals surface area contributed by atoms with Gasteiger partial charge in [0.25, 0.3) is 0 Å². The quantitative estimate of drug-likeness (QED) is 0.760. The number of aliphatic hydroxyl groups is 2. The molecule has 2 N–H and O–H groups in total. The first kappa shape index (κ1) is 10.9. The molecule has 1 aromatic rings. The van der Waals surface area contributed by atoms with E-state index in [9.17, 15) is 10.2 Å². The minimum absolute atomic E-state index is 0.621. The van der Waals surface area contributed by atoms with Crippen molar-refractivity contribution in [3.63, 3.8) is 0 Å². The molecule has 1 heterocycles. The van der Waals surface area contributed by atoms with E-state index in [1.807, 2.05) is 6.07 Å². The van der Waals surface area contributed by atoms with Crippen molar-refractivity contribution in [1.29, 1.82) is 0 Å². The predicted octanol–water partition coefficient (Wildman–Crippen LogP) is 2.01. The zero-order valence-electron chi connectivity index (χ0n) is 8.57. The minimum Gasteiger partial charge on any atom is -0.485 e. The summed E-state index contributed by atoms with van der Waals surface area (Å²) in [5.41, 5.74) is -0.142. The van der Waals surface area contributed by atoms with E-state index in [0.29, 0.717) is 11.3 Å². The van der Waals surface area contributed by atoms with Gasteiger partial charge in [-0.05, 0) is 32.0 Å². The van der Waals surface area contributed by atoms with Crippen LogP contribution in [-0.2, 0) is 0 Å². The lowest BCUT2D eigenvalue weighted by Crippen LogP contribution is -2.48. The second-order valence-corrected chi connectivity index (χ2v) is 5.19.